The van der Waals surface area contributed by atoms with Crippen molar-refractivity contribution in [1.29, 1.82) is 0 Å². The standard InChI is InChI=1S/C18H13F6NO3S/c1-2-15(29(26,27)12-5-3-4-10(8-12)17(19,20)21)16-25-13-9-11(18(22,23)24)6-7-14(13)28-16/h3-9,15H,2H2,1H3. The fraction of sp³-hybridized carbons (Fsp3) is 0.278. The first kappa shape index (κ1) is 21.2. The van der Waals surface area contributed by atoms with E-state index in [4.69, 9.17) is 4.42 Å². The van der Waals surface area contributed by atoms with Gasteiger partial charge in [0.1, 0.15) is 10.8 Å². The molecule has 4 nitrogen and oxygen atoms in total. The molecule has 11 heteroatoms. The molecule has 0 spiro atoms. The van der Waals surface area contributed by atoms with E-state index in [0.717, 1.165) is 30.3 Å². The molecule has 1 unspecified atom stereocenters. The summed E-state index contributed by atoms with van der Waals surface area (Å²) < 4.78 is 108. The van der Waals surface area contributed by atoms with Gasteiger partial charge in [-0.05, 0) is 42.8 Å². The van der Waals surface area contributed by atoms with Crippen molar-refractivity contribution in [3.8, 4) is 0 Å². The summed E-state index contributed by atoms with van der Waals surface area (Å²) in [5.74, 6) is -0.390. The van der Waals surface area contributed by atoms with Gasteiger partial charge in [-0.3, -0.25) is 0 Å². The minimum absolute atomic E-state index is 0.0642. The van der Waals surface area contributed by atoms with Crippen LogP contribution in [0.4, 0.5) is 26.3 Å². The van der Waals surface area contributed by atoms with Crippen LogP contribution in [0.2, 0.25) is 0 Å². The average Bonchev–Trinajstić information content (AvgIpc) is 3.03. The molecule has 0 radical (unpaired) electrons. The number of hydrogen-bond acceptors (Lipinski definition) is 4. The third-order valence-corrected chi connectivity index (χ3v) is 6.44. The van der Waals surface area contributed by atoms with Gasteiger partial charge in [-0.25, -0.2) is 13.4 Å². The van der Waals surface area contributed by atoms with Gasteiger partial charge in [0, 0.05) is 0 Å². The average molecular weight is 437 g/mol. The zero-order valence-electron chi connectivity index (χ0n) is 14.7. The van der Waals surface area contributed by atoms with Crippen molar-refractivity contribution in [2.45, 2.75) is 35.8 Å². The molecule has 0 saturated heterocycles. The van der Waals surface area contributed by atoms with E-state index in [-0.39, 0.29) is 23.4 Å². The fourth-order valence-electron chi connectivity index (χ4n) is 2.80. The van der Waals surface area contributed by atoms with E-state index in [2.05, 4.69) is 4.98 Å². The molecule has 0 bridgehead atoms. The number of rotatable bonds is 4. The van der Waals surface area contributed by atoms with E-state index in [9.17, 15) is 34.8 Å². The highest BCUT2D eigenvalue weighted by molar-refractivity contribution is 7.91. The molecule has 0 N–H and O–H groups in total. The van der Waals surface area contributed by atoms with Crippen LogP contribution in [0.3, 0.4) is 0 Å². The molecule has 0 fully saturated rings. The van der Waals surface area contributed by atoms with Crippen LogP contribution in [0.15, 0.2) is 51.8 Å². The van der Waals surface area contributed by atoms with Crippen LogP contribution in [0.5, 0.6) is 0 Å². The lowest BCUT2D eigenvalue weighted by Gasteiger charge is -2.14. The molecule has 3 aromatic rings. The summed E-state index contributed by atoms with van der Waals surface area (Å²) in [6.45, 7) is 1.45. The summed E-state index contributed by atoms with van der Waals surface area (Å²) in [7, 11) is -4.35. The van der Waals surface area contributed by atoms with Gasteiger partial charge in [-0.2, -0.15) is 26.3 Å². The summed E-state index contributed by atoms with van der Waals surface area (Å²) >= 11 is 0. The monoisotopic (exact) mass is 437 g/mol. The first-order valence-electron chi connectivity index (χ1n) is 8.23. The van der Waals surface area contributed by atoms with Gasteiger partial charge >= 0.3 is 12.4 Å². The number of benzene rings is 2. The van der Waals surface area contributed by atoms with Gasteiger partial charge in [0.05, 0.1) is 16.0 Å². The Kier molecular flexibility index (Phi) is 5.14. The molecular formula is C18H13F6NO3S. The van der Waals surface area contributed by atoms with E-state index in [1.807, 2.05) is 0 Å². The predicted molar refractivity (Wildman–Crippen MR) is 90.7 cm³/mol. The number of halogens is 6. The quantitative estimate of drug-likeness (QED) is 0.485. The number of aromatic nitrogens is 1. The van der Waals surface area contributed by atoms with Crippen molar-refractivity contribution in [3.63, 3.8) is 0 Å². The Morgan fingerprint density at radius 3 is 2.17 bits per heavy atom. The van der Waals surface area contributed by atoms with Crippen molar-refractivity contribution >= 4 is 20.9 Å². The van der Waals surface area contributed by atoms with Crippen molar-refractivity contribution < 1.29 is 39.2 Å². The SMILES string of the molecule is CCC(c1nc2cc(C(F)(F)F)ccc2o1)S(=O)(=O)c1cccc(C(F)(F)F)c1. The van der Waals surface area contributed by atoms with Crippen LogP contribution in [0, 0.1) is 0 Å². The molecule has 0 aliphatic rings. The van der Waals surface area contributed by atoms with Gasteiger partial charge in [-0.15, -0.1) is 0 Å². The number of oxazole rings is 1. The highest BCUT2D eigenvalue weighted by Gasteiger charge is 2.36. The largest absolute Gasteiger partial charge is 0.439 e. The highest BCUT2D eigenvalue weighted by Crippen LogP contribution is 2.37. The lowest BCUT2D eigenvalue weighted by Crippen LogP contribution is -2.15. The Balaban J connectivity index is 2.07. The minimum atomic E-state index is -4.74. The van der Waals surface area contributed by atoms with Crippen LogP contribution < -0.4 is 0 Å². The van der Waals surface area contributed by atoms with Gasteiger partial charge in [0.2, 0.25) is 5.89 Å². The second kappa shape index (κ2) is 7.05. The van der Waals surface area contributed by atoms with Crippen molar-refractivity contribution in [1.82, 2.24) is 4.98 Å². The van der Waals surface area contributed by atoms with E-state index in [1.54, 1.807) is 0 Å². The summed E-state index contributed by atoms with van der Waals surface area (Å²) in [6, 6.07) is 5.70. The van der Waals surface area contributed by atoms with E-state index >= 15 is 0 Å². The van der Waals surface area contributed by atoms with Gasteiger partial charge in [0.15, 0.2) is 15.4 Å². The maximum atomic E-state index is 12.9. The second-order valence-electron chi connectivity index (χ2n) is 6.20. The Labute approximate surface area is 161 Å². The Morgan fingerprint density at radius 2 is 1.59 bits per heavy atom. The van der Waals surface area contributed by atoms with E-state index in [1.165, 1.54) is 6.92 Å². The van der Waals surface area contributed by atoms with E-state index < -0.39 is 43.5 Å². The molecule has 1 aromatic heterocycles. The minimum Gasteiger partial charge on any atom is -0.439 e. The molecule has 0 saturated carbocycles. The van der Waals surface area contributed by atoms with Crippen LogP contribution in [0.25, 0.3) is 11.1 Å². The van der Waals surface area contributed by atoms with Crippen molar-refractivity contribution in [3.05, 3.63) is 59.5 Å². The highest BCUT2D eigenvalue weighted by atomic mass is 32.2. The first-order valence-corrected chi connectivity index (χ1v) is 9.77. The molecule has 29 heavy (non-hydrogen) atoms. The molecule has 0 amide bonds. The molecule has 2 aromatic carbocycles. The summed E-state index contributed by atoms with van der Waals surface area (Å²) in [6.07, 6.45) is -9.47. The Hall–Kier alpha value is -2.56. The number of hydrogen-bond donors (Lipinski definition) is 0. The molecule has 156 valence electrons. The lowest BCUT2D eigenvalue weighted by molar-refractivity contribution is -0.138. The zero-order valence-corrected chi connectivity index (χ0v) is 15.5. The summed E-state index contributed by atoms with van der Waals surface area (Å²) in [5.41, 5.74) is -2.39. The maximum Gasteiger partial charge on any atom is 0.416 e. The number of fused-ring (bicyclic) bond motifs is 1. The second-order valence-corrected chi connectivity index (χ2v) is 8.33. The fourth-order valence-corrected chi connectivity index (χ4v) is 4.49. The molecule has 1 heterocycles. The smallest absolute Gasteiger partial charge is 0.416 e. The molecule has 0 aliphatic carbocycles. The topological polar surface area (TPSA) is 60.2 Å². The third-order valence-electron chi connectivity index (χ3n) is 4.24. The van der Waals surface area contributed by atoms with Gasteiger partial charge < -0.3 is 4.42 Å². The van der Waals surface area contributed by atoms with Crippen molar-refractivity contribution in [2.24, 2.45) is 0 Å². The zero-order chi connectivity index (χ0) is 21.6. The Bertz CT molecular complexity index is 1150. The first-order chi connectivity index (χ1) is 13.3. The normalized spacial score (nSPS) is 14.3. The summed E-state index contributed by atoms with van der Waals surface area (Å²) in [5, 5.41) is -1.47. The van der Waals surface area contributed by atoms with Crippen LogP contribution in [0.1, 0.15) is 35.6 Å². The van der Waals surface area contributed by atoms with Crippen LogP contribution in [-0.4, -0.2) is 13.4 Å². The van der Waals surface area contributed by atoms with Gasteiger partial charge in [0.25, 0.3) is 0 Å². The van der Waals surface area contributed by atoms with Crippen LogP contribution in [-0.2, 0) is 22.2 Å². The number of sulfone groups is 1. The maximum absolute atomic E-state index is 12.9. The third kappa shape index (κ3) is 4.09. The summed E-state index contributed by atoms with van der Waals surface area (Å²) in [4.78, 5) is 3.27. The molecule has 1 atom stereocenters. The van der Waals surface area contributed by atoms with Crippen LogP contribution >= 0.6 is 0 Å². The lowest BCUT2D eigenvalue weighted by atomic mass is 10.2. The van der Waals surface area contributed by atoms with Crippen molar-refractivity contribution in [2.75, 3.05) is 0 Å². The Morgan fingerprint density at radius 1 is 0.966 bits per heavy atom. The van der Waals surface area contributed by atoms with E-state index in [0.29, 0.717) is 12.1 Å². The number of nitrogens with zero attached hydrogens (tertiary/aromatic N) is 1. The molecular weight excluding hydrogens is 424 g/mol. The molecule has 3 rings (SSSR count). The number of alkyl halides is 6. The van der Waals surface area contributed by atoms with Gasteiger partial charge in [-0.1, -0.05) is 13.0 Å². The molecule has 0 aliphatic heterocycles. The predicted octanol–water partition coefficient (Wildman–Crippen LogP) is 5.79.